The number of anilines is 1. The largest absolute Gasteiger partial charge is 0.385 e. The summed E-state index contributed by atoms with van der Waals surface area (Å²) >= 11 is 0. The fraction of sp³-hybridized carbons (Fsp3) is 0.538. The van der Waals surface area contributed by atoms with Crippen LogP contribution < -0.4 is 5.32 Å². The molecule has 84 valence electrons. The number of nitrogens with one attached hydrogen (secondary N) is 1. The molecule has 0 radical (unpaired) electrons. The molecule has 0 saturated heterocycles. The Balaban J connectivity index is 2.42. The molecule has 0 aliphatic carbocycles. The van der Waals surface area contributed by atoms with Gasteiger partial charge in [-0.1, -0.05) is 19.1 Å². The van der Waals surface area contributed by atoms with Gasteiger partial charge in [-0.3, -0.25) is 0 Å². The number of ether oxygens (including phenoxy) is 1. The predicted molar refractivity (Wildman–Crippen MR) is 65.4 cm³/mol. The number of rotatable bonds is 6. The molecule has 1 rings (SSSR count). The van der Waals surface area contributed by atoms with Crippen LogP contribution >= 0.6 is 0 Å². The summed E-state index contributed by atoms with van der Waals surface area (Å²) in [7, 11) is 1.74. The first-order valence-corrected chi connectivity index (χ1v) is 5.60. The summed E-state index contributed by atoms with van der Waals surface area (Å²) in [6, 6.07) is 9.08. The average molecular weight is 207 g/mol. The Labute approximate surface area is 92.6 Å². The van der Waals surface area contributed by atoms with Gasteiger partial charge in [0.05, 0.1) is 0 Å². The monoisotopic (exact) mass is 207 g/mol. The molecule has 1 aromatic carbocycles. The summed E-state index contributed by atoms with van der Waals surface area (Å²) in [5, 5.41) is 3.45. The van der Waals surface area contributed by atoms with Gasteiger partial charge in [0.1, 0.15) is 0 Å². The predicted octanol–water partition coefficient (Wildman–Crippen LogP) is 3.09. The Kier molecular flexibility index (Phi) is 5.19. The minimum absolute atomic E-state index is 0.456. The van der Waals surface area contributed by atoms with E-state index in [9.17, 15) is 0 Å². The SMILES string of the molecule is CCc1ccc(NC(C)CCOC)cc1. The Morgan fingerprint density at radius 3 is 2.47 bits per heavy atom. The van der Waals surface area contributed by atoms with E-state index in [2.05, 4.69) is 43.4 Å². The van der Waals surface area contributed by atoms with Crippen molar-refractivity contribution in [3.05, 3.63) is 29.8 Å². The molecule has 0 aliphatic rings. The summed E-state index contributed by atoms with van der Waals surface area (Å²) < 4.78 is 5.05. The third-order valence-corrected chi connectivity index (χ3v) is 2.53. The van der Waals surface area contributed by atoms with Crippen molar-refractivity contribution < 1.29 is 4.74 Å². The molecule has 0 heterocycles. The van der Waals surface area contributed by atoms with Gasteiger partial charge in [0, 0.05) is 25.4 Å². The number of hydrogen-bond donors (Lipinski definition) is 1. The van der Waals surface area contributed by atoms with E-state index < -0.39 is 0 Å². The number of methoxy groups -OCH3 is 1. The third-order valence-electron chi connectivity index (χ3n) is 2.53. The van der Waals surface area contributed by atoms with Crippen molar-refractivity contribution in [2.45, 2.75) is 32.7 Å². The van der Waals surface area contributed by atoms with Gasteiger partial charge in [-0.2, -0.15) is 0 Å². The Bertz CT molecular complexity index is 268. The van der Waals surface area contributed by atoms with Crippen molar-refractivity contribution in [1.29, 1.82) is 0 Å². The quantitative estimate of drug-likeness (QED) is 0.774. The molecule has 0 aromatic heterocycles. The summed E-state index contributed by atoms with van der Waals surface area (Å²) in [6.07, 6.45) is 2.13. The van der Waals surface area contributed by atoms with Gasteiger partial charge in [0.25, 0.3) is 0 Å². The molecule has 0 fully saturated rings. The third kappa shape index (κ3) is 4.34. The summed E-state index contributed by atoms with van der Waals surface area (Å²) in [4.78, 5) is 0. The molecule has 0 saturated carbocycles. The van der Waals surface area contributed by atoms with Crippen molar-refractivity contribution in [1.82, 2.24) is 0 Å². The zero-order valence-electron chi connectivity index (χ0n) is 9.92. The average Bonchev–Trinajstić information content (AvgIpc) is 2.27. The minimum atomic E-state index is 0.456. The maximum Gasteiger partial charge on any atom is 0.0481 e. The van der Waals surface area contributed by atoms with Gasteiger partial charge in [0.15, 0.2) is 0 Å². The van der Waals surface area contributed by atoms with E-state index in [4.69, 9.17) is 4.74 Å². The van der Waals surface area contributed by atoms with Crippen LogP contribution in [-0.2, 0) is 11.2 Å². The van der Waals surface area contributed by atoms with Crippen molar-refractivity contribution in [3.8, 4) is 0 Å². The summed E-state index contributed by atoms with van der Waals surface area (Å²) in [5.74, 6) is 0. The Hall–Kier alpha value is -1.02. The highest BCUT2D eigenvalue weighted by Crippen LogP contribution is 2.12. The minimum Gasteiger partial charge on any atom is -0.385 e. The van der Waals surface area contributed by atoms with Crippen LogP contribution in [0.1, 0.15) is 25.8 Å². The van der Waals surface area contributed by atoms with Crippen LogP contribution in [0.25, 0.3) is 0 Å². The highest BCUT2D eigenvalue weighted by atomic mass is 16.5. The van der Waals surface area contributed by atoms with Crippen LogP contribution in [0, 0.1) is 0 Å². The molecule has 1 aromatic rings. The van der Waals surface area contributed by atoms with E-state index in [0.29, 0.717) is 6.04 Å². The van der Waals surface area contributed by atoms with E-state index in [0.717, 1.165) is 19.4 Å². The highest BCUT2D eigenvalue weighted by Gasteiger charge is 2.00. The first-order chi connectivity index (χ1) is 7.26. The molecule has 2 heteroatoms. The smallest absolute Gasteiger partial charge is 0.0481 e. The van der Waals surface area contributed by atoms with Crippen LogP contribution in [0.15, 0.2) is 24.3 Å². The number of hydrogen-bond acceptors (Lipinski definition) is 2. The standard InChI is InChI=1S/C13H21NO/c1-4-12-5-7-13(8-6-12)14-11(2)9-10-15-3/h5-8,11,14H,4,9-10H2,1-3H3. The highest BCUT2D eigenvalue weighted by molar-refractivity contribution is 5.45. The second kappa shape index (κ2) is 6.46. The zero-order valence-corrected chi connectivity index (χ0v) is 9.92. The molecule has 0 aliphatic heterocycles. The van der Waals surface area contributed by atoms with E-state index in [1.165, 1.54) is 11.3 Å². The van der Waals surface area contributed by atoms with Gasteiger partial charge in [-0.05, 0) is 37.5 Å². The molecule has 1 N–H and O–H groups in total. The van der Waals surface area contributed by atoms with E-state index in [-0.39, 0.29) is 0 Å². The van der Waals surface area contributed by atoms with Crippen LogP contribution in [0.3, 0.4) is 0 Å². The molecular weight excluding hydrogens is 186 g/mol. The second-order valence-corrected chi connectivity index (χ2v) is 3.88. The molecule has 15 heavy (non-hydrogen) atoms. The van der Waals surface area contributed by atoms with Gasteiger partial charge in [-0.15, -0.1) is 0 Å². The van der Waals surface area contributed by atoms with Crippen molar-refractivity contribution in [3.63, 3.8) is 0 Å². The van der Waals surface area contributed by atoms with E-state index in [1.54, 1.807) is 7.11 Å². The lowest BCUT2D eigenvalue weighted by Crippen LogP contribution is -2.16. The lowest BCUT2D eigenvalue weighted by molar-refractivity contribution is 0.191. The molecule has 0 spiro atoms. The molecule has 0 amide bonds. The van der Waals surface area contributed by atoms with Crippen molar-refractivity contribution in [2.24, 2.45) is 0 Å². The maximum atomic E-state index is 5.05. The topological polar surface area (TPSA) is 21.3 Å². The Morgan fingerprint density at radius 1 is 1.27 bits per heavy atom. The lowest BCUT2D eigenvalue weighted by Gasteiger charge is -2.14. The molecule has 0 bridgehead atoms. The van der Waals surface area contributed by atoms with Crippen molar-refractivity contribution in [2.75, 3.05) is 19.0 Å². The van der Waals surface area contributed by atoms with E-state index in [1.807, 2.05) is 0 Å². The van der Waals surface area contributed by atoms with Gasteiger partial charge in [0.2, 0.25) is 0 Å². The van der Waals surface area contributed by atoms with Crippen LogP contribution in [0.5, 0.6) is 0 Å². The van der Waals surface area contributed by atoms with Crippen LogP contribution in [0.2, 0.25) is 0 Å². The zero-order chi connectivity index (χ0) is 11.1. The molecule has 1 unspecified atom stereocenters. The number of aryl methyl sites for hydroxylation is 1. The lowest BCUT2D eigenvalue weighted by atomic mass is 10.1. The normalized spacial score (nSPS) is 12.5. The first kappa shape index (κ1) is 12.1. The van der Waals surface area contributed by atoms with Gasteiger partial charge < -0.3 is 10.1 Å². The molecular formula is C13H21NO. The first-order valence-electron chi connectivity index (χ1n) is 5.60. The fourth-order valence-corrected chi connectivity index (χ4v) is 1.49. The fourth-order valence-electron chi connectivity index (χ4n) is 1.49. The van der Waals surface area contributed by atoms with Crippen molar-refractivity contribution >= 4 is 5.69 Å². The van der Waals surface area contributed by atoms with Crippen LogP contribution in [0.4, 0.5) is 5.69 Å². The van der Waals surface area contributed by atoms with Gasteiger partial charge in [-0.25, -0.2) is 0 Å². The summed E-state index contributed by atoms with van der Waals surface area (Å²) in [5.41, 5.74) is 2.57. The number of benzene rings is 1. The summed E-state index contributed by atoms with van der Waals surface area (Å²) in [6.45, 7) is 5.15. The second-order valence-electron chi connectivity index (χ2n) is 3.88. The van der Waals surface area contributed by atoms with E-state index >= 15 is 0 Å². The molecule has 1 atom stereocenters. The Morgan fingerprint density at radius 2 is 1.93 bits per heavy atom. The molecule has 2 nitrogen and oxygen atoms in total. The maximum absolute atomic E-state index is 5.05. The van der Waals surface area contributed by atoms with Crippen LogP contribution in [-0.4, -0.2) is 19.8 Å². The van der Waals surface area contributed by atoms with Gasteiger partial charge >= 0.3 is 0 Å².